The largest absolute Gasteiger partial charge is 0.416 e. The van der Waals surface area contributed by atoms with E-state index in [1.807, 2.05) is 0 Å². The van der Waals surface area contributed by atoms with Crippen LogP contribution in [0.25, 0.3) is 0 Å². The second kappa shape index (κ2) is 5.94. The molecule has 0 aliphatic carbocycles. The van der Waals surface area contributed by atoms with Crippen molar-refractivity contribution >= 4 is 22.9 Å². The maximum absolute atomic E-state index is 12.8. The third-order valence-corrected chi connectivity index (χ3v) is 3.84. The van der Waals surface area contributed by atoms with Gasteiger partial charge in [-0.3, -0.25) is 0 Å². The highest BCUT2D eigenvalue weighted by Crippen LogP contribution is 2.31. The number of benzene rings is 1. The summed E-state index contributed by atoms with van der Waals surface area (Å²) in [5, 5.41) is 5.44. The Hall–Kier alpha value is -1.04. The van der Waals surface area contributed by atoms with Crippen LogP contribution in [0.4, 0.5) is 13.2 Å². The first kappa shape index (κ1) is 14.4. The molecule has 0 unspecified atom stereocenters. The number of thiophene rings is 1. The van der Waals surface area contributed by atoms with Crippen LogP contribution in [-0.2, 0) is 19.3 Å². The molecule has 0 aliphatic rings. The first-order valence-corrected chi connectivity index (χ1v) is 6.81. The molecule has 19 heavy (non-hydrogen) atoms. The van der Waals surface area contributed by atoms with E-state index in [1.54, 1.807) is 17.5 Å². The fourth-order valence-corrected chi connectivity index (χ4v) is 2.76. The molecule has 0 amide bonds. The van der Waals surface area contributed by atoms with Crippen molar-refractivity contribution in [1.29, 1.82) is 0 Å². The van der Waals surface area contributed by atoms with Gasteiger partial charge in [-0.05, 0) is 17.7 Å². The normalized spacial score (nSPS) is 11.8. The van der Waals surface area contributed by atoms with Crippen LogP contribution in [0.1, 0.15) is 16.0 Å². The summed E-state index contributed by atoms with van der Waals surface area (Å²) in [4.78, 5) is 0.995. The smallest absolute Gasteiger partial charge is 0.308 e. The summed E-state index contributed by atoms with van der Waals surface area (Å²) in [6, 6.07) is 7.38. The molecule has 1 N–H and O–H groups in total. The van der Waals surface area contributed by atoms with E-state index in [0.717, 1.165) is 10.9 Å². The number of hydrogen-bond donors (Lipinski definition) is 1. The minimum absolute atomic E-state index is 0.172. The van der Waals surface area contributed by atoms with E-state index in [0.29, 0.717) is 11.6 Å². The van der Waals surface area contributed by atoms with E-state index in [4.69, 9.17) is 11.6 Å². The van der Waals surface area contributed by atoms with E-state index >= 15 is 0 Å². The lowest BCUT2D eigenvalue weighted by Gasteiger charge is -2.12. The van der Waals surface area contributed by atoms with Gasteiger partial charge in [0.15, 0.2) is 0 Å². The van der Waals surface area contributed by atoms with E-state index < -0.39 is 11.7 Å². The summed E-state index contributed by atoms with van der Waals surface area (Å²) >= 11 is 7.25. The summed E-state index contributed by atoms with van der Waals surface area (Å²) in [6.07, 6.45) is -4.31. The van der Waals surface area contributed by atoms with Crippen molar-refractivity contribution in [3.05, 3.63) is 56.7 Å². The summed E-state index contributed by atoms with van der Waals surface area (Å²) in [6.45, 7) is 0.675. The average Bonchev–Trinajstić information content (AvgIpc) is 2.74. The van der Waals surface area contributed by atoms with E-state index in [2.05, 4.69) is 5.32 Å². The van der Waals surface area contributed by atoms with Crippen LogP contribution in [0.5, 0.6) is 0 Å². The van der Waals surface area contributed by atoms with E-state index in [9.17, 15) is 13.2 Å². The molecule has 0 aliphatic heterocycles. The molecule has 0 spiro atoms. The Labute approximate surface area is 118 Å². The Morgan fingerprint density at radius 2 is 1.89 bits per heavy atom. The minimum atomic E-state index is -4.31. The van der Waals surface area contributed by atoms with Crippen molar-refractivity contribution in [2.45, 2.75) is 19.3 Å². The van der Waals surface area contributed by atoms with Crippen LogP contribution in [-0.4, -0.2) is 0 Å². The van der Waals surface area contributed by atoms with Gasteiger partial charge < -0.3 is 5.32 Å². The Bertz CT molecular complexity index is 551. The summed E-state index contributed by atoms with van der Waals surface area (Å²) in [5.74, 6) is 0. The maximum Gasteiger partial charge on any atom is 0.416 e. The van der Waals surface area contributed by atoms with Crippen LogP contribution < -0.4 is 5.32 Å². The first-order chi connectivity index (χ1) is 8.97. The quantitative estimate of drug-likeness (QED) is 0.862. The molecule has 6 heteroatoms. The molecule has 0 saturated heterocycles. The highest BCUT2D eigenvalue weighted by Gasteiger charge is 2.32. The van der Waals surface area contributed by atoms with Gasteiger partial charge in [0.2, 0.25) is 0 Å². The molecular weight excluding hydrogens is 295 g/mol. The molecule has 1 heterocycles. The van der Waals surface area contributed by atoms with Crippen molar-refractivity contribution in [1.82, 2.24) is 5.32 Å². The summed E-state index contributed by atoms with van der Waals surface area (Å²) in [7, 11) is 0. The van der Waals surface area contributed by atoms with Crippen LogP contribution in [0.15, 0.2) is 35.7 Å². The van der Waals surface area contributed by atoms with Gasteiger partial charge in [-0.2, -0.15) is 13.2 Å². The lowest BCUT2D eigenvalue weighted by Crippen LogP contribution is -2.16. The monoisotopic (exact) mass is 305 g/mol. The lowest BCUT2D eigenvalue weighted by atomic mass is 10.1. The molecule has 2 rings (SSSR count). The fourth-order valence-electron chi connectivity index (χ4n) is 1.72. The summed E-state index contributed by atoms with van der Waals surface area (Å²) < 4.78 is 38.3. The Balaban J connectivity index is 2.00. The molecule has 0 bridgehead atoms. The van der Waals surface area contributed by atoms with Crippen molar-refractivity contribution in [2.75, 3.05) is 0 Å². The Kier molecular flexibility index (Phi) is 4.50. The molecule has 1 aromatic heterocycles. The van der Waals surface area contributed by atoms with Gasteiger partial charge in [0, 0.05) is 23.3 Å². The zero-order chi connectivity index (χ0) is 13.9. The Morgan fingerprint density at radius 3 is 2.53 bits per heavy atom. The number of rotatable bonds is 4. The van der Waals surface area contributed by atoms with Crippen LogP contribution in [0.2, 0.25) is 5.02 Å². The third kappa shape index (κ3) is 3.96. The SMILES string of the molecule is FC(F)(F)c1ccccc1CNCc1cc(Cl)cs1. The molecule has 0 atom stereocenters. The summed E-state index contributed by atoms with van der Waals surface area (Å²) in [5.41, 5.74) is -0.343. The van der Waals surface area contributed by atoms with Crippen molar-refractivity contribution in [2.24, 2.45) is 0 Å². The van der Waals surface area contributed by atoms with Crippen LogP contribution >= 0.6 is 22.9 Å². The highest BCUT2D eigenvalue weighted by molar-refractivity contribution is 7.10. The molecule has 1 nitrogen and oxygen atoms in total. The number of nitrogens with one attached hydrogen (secondary N) is 1. The predicted molar refractivity (Wildman–Crippen MR) is 71.3 cm³/mol. The molecule has 2 aromatic rings. The molecule has 0 saturated carbocycles. The second-order valence-electron chi connectivity index (χ2n) is 3.99. The third-order valence-electron chi connectivity index (χ3n) is 2.56. The molecule has 0 radical (unpaired) electrons. The fraction of sp³-hybridized carbons (Fsp3) is 0.231. The second-order valence-corrected chi connectivity index (χ2v) is 5.42. The molecule has 0 fully saturated rings. The molecular formula is C13H11ClF3NS. The van der Waals surface area contributed by atoms with Gasteiger partial charge in [-0.15, -0.1) is 11.3 Å². The maximum atomic E-state index is 12.8. The first-order valence-electron chi connectivity index (χ1n) is 5.55. The van der Waals surface area contributed by atoms with Crippen LogP contribution in [0.3, 0.4) is 0 Å². The van der Waals surface area contributed by atoms with E-state index in [1.165, 1.54) is 23.5 Å². The highest BCUT2D eigenvalue weighted by atomic mass is 35.5. The van der Waals surface area contributed by atoms with Gasteiger partial charge >= 0.3 is 6.18 Å². The van der Waals surface area contributed by atoms with Gasteiger partial charge in [0.1, 0.15) is 0 Å². The standard InChI is InChI=1S/C13H11ClF3NS/c14-10-5-11(19-8-10)7-18-6-9-3-1-2-4-12(9)13(15,16)17/h1-5,8,18H,6-7H2. The zero-order valence-corrected chi connectivity index (χ0v) is 11.4. The van der Waals surface area contributed by atoms with Gasteiger partial charge in [-0.25, -0.2) is 0 Å². The lowest BCUT2D eigenvalue weighted by molar-refractivity contribution is -0.138. The molecule has 1 aromatic carbocycles. The van der Waals surface area contributed by atoms with Crippen LogP contribution in [0, 0.1) is 0 Å². The predicted octanol–water partition coefficient (Wildman–Crippen LogP) is 4.71. The average molecular weight is 306 g/mol. The van der Waals surface area contributed by atoms with Gasteiger partial charge in [0.05, 0.1) is 10.6 Å². The zero-order valence-electron chi connectivity index (χ0n) is 9.80. The van der Waals surface area contributed by atoms with Crippen molar-refractivity contribution < 1.29 is 13.2 Å². The number of halogens is 4. The Morgan fingerprint density at radius 1 is 1.16 bits per heavy atom. The number of alkyl halides is 3. The molecule has 102 valence electrons. The van der Waals surface area contributed by atoms with Crippen molar-refractivity contribution in [3.63, 3.8) is 0 Å². The van der Waals surface area contributed by atoms with Crippen molar-refractivity contribution in [3.8, 4) is 0 Å². The van der Waals surface area contributed by atoms with Gasteiger partial charge in [-0.1, -0.05) is 29.8 Å². The topological polar surface area (TPSA) is 12.0 Å². The van der Waals surface area contributed by atoms with E-state index in [-0.39, 0.29) is 12.1 Å². The minimum Gasteiger partial charge on any atom is -0.308 e. The number of hydrogen-bond acceptors (Lipinski definition) is 2. The van der Waals surface area contributed by atoms with Gasteiger partial charge in [0.25, 0.3) is 0 Å².